The van der Waals surface area contributed by atoms with Crippen LogP contribution in [0.2, 0.25) is 0 Å². The molecule has 112 valence electrons. The second kappa shape index (κ2) is 7.53. The van der Waals surface area contributed by atoms with Gasteiger partial charge in [0.2, 0.25) is 11.9 Å². The molecule has 0 N–H and O–H groups in total. The molecule has 0 heterocycles. The molecule has 0 aliphatic heterocycles. The molecule has 6 nitrogen and oxygen atoms in total. The number of imide groups is 1. The molecule has 0 aromatic rings. The lowest BCUT2D eigenvalue weighted by atomic mass is 10.2. The van der Waals surface area contributed by atoms with Gasteiger partial charge in [0, 0.05) is 6.42 Å². The van der Waals surface area contributed by atoms with Crippen LogP contribution in [0, 0.1) is 12.3 Å². The fourth-order valence-electron chi connectivity index (χ4n) is 1.30. The van der Waals surface area contributed by atoms with E-state index in [4.69, 9.17) is 15.9 Å². The zero-order chi connectivity index (χ0) is 15.9. The van der Waals surface area contributed by atoms with Gasteiger partial charge in [-0.2, -0.15) is 0 Å². The van der Waals surface area contributed by atoms with Gasteiger partial charge in [0.05, 0.1) is 6.61 Å². The van der Waals surface area contributed by atoms with Crippen LogP contribution < -0.4 is 0 Å². The maximum absolute atomic E-state index is 12.0. The molecule has 0 bridgehead atoms. The number of carbonyl (C=O) groups is 3. The van der Waals surface area contributed by atoms with Crippen LogP contribution in [0.4, 0.5) is 4.79 Å². The molecule has 0 aliphatic rings. The number of hydrogen-bond donors (Lipinski definition) is 0. The molecule has 0 aromatic carbocycles. The summed E-state index contributed by atoms with van der Waals surface area (Å²) in [7, 11) is 0. The van der Waals surface area contributed by atoms with Crippen molar-refractivity contribution in [2.24, 2.45) is 0 Å². The maximum atomic E-state index is 12.0. The molecule has 1 unspecified atom stereocenters. The Bertz CT molecular complexity index is 416. The van der Waals surface area contributed by atoms with Crippen LogP contribution in [-0.4, -0.2) is 41.1 Å². The van der Waals surface area contributed by atoms with Gasteiger partial charge in [0.1, 0.15) is 5.60 Å². The predicted octanol–water partition coefficient (Wildman–Crippen LogP) is 1.72. The van der Waals surface area contributed by atoms with E-state index in [9.17, 15) is 14.4 Å². The number of esters is 1. The van der Waals surface area contributed by atoms with Crippen LogP contribution >= 0.6 is 0 Å². The van der Waals surface area contributed by atoms with Gasteiger partial charge < -0.3 is 9.47 Å². The molecule has 6 heteroatoms. The fraction of sp³-hybridized carbons (Fsp3) is 0.643. The van der Waals surface area contributed by atoms with Gasteiger partial charge in [-0.25, -0.2) is 14.5 Å². The van der Waals surface area contributed by atoms with Crippen LogP contribution in [-0.2, 0) is 19.1 Å². The SMILES string of the molecule is C#CC(C(=O)OCC)N(C(=O)CC)C(=O)OC(C)(C)C. The summed E-state index contributed by atoms with van der Waals surface area (Å²) in [5, 5.41) is 0. The molecule has 20 heavy (non-hydrogen) atoms. The number of nitrogens with zero attached hydrogens (tertiary/aromatic N) is 1. The molecular weight excluding hydrogens is 262 g/mol. The Labute approximate surface area is 119 Å². The molecule has 0 saturated carbocycles. The van der Waals surface area contributed by atoms with E-state index >= 15 is 0 Å². The minimum absolute atomic E-state index is 0.0107. The summed E-state index contributed by atoms with van der Waals surface area (Å²) < 4.78 is 9.86. The smallest absolute Gasteiger partial charge is 0.418 e. The molecule has 0 aliphatic carbocycles. The Morgan fingerprint density at radius 3 is 2.15 bits per heavy atom. The van der Waals surface area contributed by atoms with Crippen molar-refractivity contribution in [2.45, 2.75) is 52.7 Å². The minimum Gasteiger partial charge on any atom is -0.464 e. The number of ether oxygens (including phenoxy) is 2. The van der Waals surface area contributed by atoms with E-state index < -0.39 is 29.6 Å². The summed E-state index contributed by atoms with van der Waals surface area (Å²) in [6, 6.07) is -1.42. The number of carbonyl (C=O) groups excluding carboxylic acids is 3. The largest absolute Gasteiger partial charge is 0.464 e. The number of terminal acetylenes is 1. The second-order valence-electron chi connectivity index (χ2n) is 4.92. The highest BCUT2D eigenvalue weighted by Gasteiger charge is 2.36. The highest BCUT2D eigenvalue weighted by atomic mass is 16.6. The van der Waals surface area contributed by atoms with Gasteiger partial charge in [-0.15, -0.1) is 6.42 Å². The van der Waals surface area contributed by atoms with E-state index in [1.54, 1.807) is 34.6 Å². The van der Waals surface area contributed by atoms with E-state index in [0.717, 1.165) is 0 Å². The first kappa shape index (κ1) is 18.0. The first-order valence-electron chi connectivity index (χ1n) is 6.35. The van der Waals surface area contributed by atoms with Gasteiger partial charge in [-0.05, 0) is 27.7 Å². The molecule has 0 rings (SSSR count). The van der Waals surface area contributed by atoms with Crippen molar-refractivity contribution < 1.29 is 23.9 Å². The monoisotopic (exact) mass is 283 g/mol. The number of hydrogen-bond acceptors (Lipinski definition) is 5. The zero-order valence-electron chi connectivity index (χ0n) is 12.6. The molecular formula is C14H21NO5. The molecule has 0 spiro atoms. The Morgan fingerprint density at radius 1 is 1.25 bits per heavy atom. The molecule has 1 atom stereocenters. The highest BCUT2D eigenvalue weighted by molar-refractivity contribution is 5.98. The third-order valence-corrected chi connectivity index (χ3v) is 2.09. The predicted molar refractivity (Wildman–Crippen MR) is 72.6 cm³/mol. The average Bonchev–Trinajstić information content (AvgIpc) is 2.32. The highest BCUT2D eigenvalue weighted by Crippen LogP contribution is 2.14. The number of rotatable bonds is 4. The normalized spacial score (nSPS) is 12.0. The molecule has 0 saturated heterocycles. The molecule has 0 aromatic heterocycles. The summed E-state index contributed by atoms with van der Waals surface area (Å²) in [6.07, 6.45) is 4.30. The molecule has 0 fully saturated rings. The van der Waals surface area contributed by atoms with Crippen molar-refractivity contribution in [1.29, 1.82) is 0 Å². The van der Waals surface area contributed by atoms with Gasteiger partial charge in [-0.3, -0.25) is 4.79 Å². The van der Waals surface area contributed by atoms with Crippen molar-refractivity contribution >= 4 is 18.0 Å². The van der Waals surface area contributed by atoms with Gasteiger partial charge >= 0.3 is 12.1 Å². The fourth-order valence-corrected chi connectivity index (χ4v) is 1.30. The minimum atomic E-state index is -1.42. The summed E-state index contributed by atoms with van der Waals surface area (Å²) in [5.41, 5.74) is -0.808. The zero-order valence-corrected chi connectivity index (χ0v) is 12.6. The lowest BCUT2D eigenvalue weighted by Crippen LogP contribution is -2.50. The maximum Gasteiger partial charge on any atom is 0.418 e. The van der Waals surface area contributed by atoms with Gasteiger partial charge in [-0.1, -0.05) is 12.8 Å². The topological polar surface area (TPSA) is 72.9 Å². The molecule has 0 radical (unpaired) electrons. The summed E-state index contributed by atoms with van der Waals surface area (Å²) in [5.74, 6) is 0.666. The van der Waals surface area contributed by atoms with E-state index in [0.29, 0.717) is 4.90 Å². The van der Waals surface area contributed by atoms with E-state index in [-0.39, 0.29) is 13.0 Å². The first-order chi connectivity index (χ1) is 9.17. The average molecular weight is 283 g/mol. The second-order valence-corrected chi connectivity index (χ2v) is 4.92. The summed E-state index contributed by atoms with van der Waals surface area (Å²) in [4.78, 5) is 36.3. The van der Waals surface area contributed by atoms with Crippen LogP contribution in [0.15, 0.2) is 0 Å². The third-order valence-electron chi connectivity index (χ3n) is 2.09. The molecule has 2 amide bonds. The third kappa shape index (κ3) is 5.31. The van der Waals surface area contributed by atoms with Crippen LogP contribution in [0.3, 0.4) is 0 Å². The number of amides is 2. The Kier molecular flexibility index (Phi) is 6.77. The Balaban J connectivity index is 5.34. The first-order valence-corrected chi connectivity index (χ1v) is 6.35. The quantitative estimate of drug-likeness (QED) is 0.580. The van der Waals surface area contributed by atoms with Crippen LogP contribution in [0.25, 0.3) is 0 Å². The van der Waals surface area contributed by atoms with E-state index in [2.05, 4.69) is 5.92 Å². The van der Waals surface area contributed by atoms with Gasteiger partial charge in [0.25, 0.3) is 0 Å². The van der Waals surface area contributed by atoms with Crippen molar-refractivity contribution in [3.8, 4) is 12.3 Å². The lowest BCUT2D eigenvalue weighted by Gasteiger charge is -2.28. The van der Waals surface area contributed by atoms with Gasteiger partial charge in [0.15, 0.2) is 0 Å². The van der Waals surface area contributed by atoms with Crippen molar-refractivity contribution in [2.75, 3.05) is 6.61 Å². The Hall–Kier alpha value is -2.03. The lowest BCUT2D eigenvalue weighted by molar-refractivity contribution is -0.151. The summed E-state index contributed by atoms with van der Waals surface area (Å²) in [6.45, 7) is 8.20. The summed E-state index contributed by atoms with van der Waals surface area (Å²) >= 11 is 0. The van der Waals surface area contributed by atoms with E-state index in [1.807, 2.05) is 0 Å². The Morgan fingerprint density at radius 2 is 1.80 bits per heavy atom. The van der Waals surface area contributed by atoms with Crippen molar-refractivity contribution in [1.82, 2.24) is 4.90 Å². The van der Waals surface area contributed by atoms with E-state index in [1.165, 1.54) is 0 Å². The van der Waals surface area contributed by atoms with Crippen molar-refractivity contribution in [3.05, 3.63) is 0 Å². The standard InChI is InChI=1S/C14H21NO5/c1-7-10(12(17)19-9-3)15(11(16)8-2)13(18)20-14(4,5)6/h1,10H,8-9H2,2-6H3. The van der Waals surface area contributed by atoms with Crippen molar-refractivity contribution in [3.63, 3.8) is 0 Å². The van der Waals surface area contributed by atoms with Crippen LogP contribution in [0.5, 0.6) is 0 Å². The van der Waals surface area contributed by atoms with Crippen LogP contribution in [0.1, 0.15) is 41.0 Å².